The van der Waals surface area contributed by atoms with Crippen LogP contribution < -0.4 is 10.6 Å². The Labute approximate surface area is 127 Å². The number of fused-ring (bicyclic) bond motifs is 1. The first-order chi connectivity index (χ1) is 10.7. The zero-order chi connectivity index (χ0) is 15.5. The number of carbonyl (C=O) groups excluding carboxylic acids is 2. The predicted molar refractivity (Wildman–Crippen MR) is 79.3 cm³/mol. The summed E-state index contributed by atoms with van der Waals surface area (Å²) in [6, 6.07) is 8.93. The van der Waals surface area contributed by atoms with Crippen molar-refractivity contribution in [1.29, 1.82) is 0 Å². The molecule has 0 radical (unpaired) electrons. The van der Waals surface area contributed by atoms with Gasteiger partial charge in [0.25, 0.3) is 5.91 Å². The van der Waals surface area contributed by atoms with Crippen LogP contribution in [0, 0.1) is 0 Å². The number of carbonyl (C=O) groups is 2. The number of imidazole rings is 1. The second-order valence-corrected chi connectivity index (χ2v) is 4.97. The summed E-state index contributed by atoms with van der Waals surface area (Å²) >= 11 is 0. The van der Waals surface area contributed by atoms with Gasteiger partial charge in [-0.3, -0.25) is 19.5 Å². The van der Waals surface area contributed by atoms with Crippen molar-refractivity contribution < 1.29 is 14.3 Å². The molecule has 3 rings (SSSR count). The molecular weight excluding hydrogens is 284 g/mol. The summed E-state index contributed by atoms with van der Waals surface area (Å²) in [6.45, 7) is 0. The Hall–Kier alpha value is -2.67. The molecule has 7 heteroatoms. The monoisotopic (exact) mass is 300 g/mol. The molecule has 0 amide bonds. The van der Waals surface area contributed by atoms with Crippen LogP contribution >= 0.6 is 0 Å². The normalized spacial score (nSPS) is 17.7. The van der Waals surface area contributed by atoms with Crippen LogP contribution in [0.5, 0.6) is 0 Å². The van der Waals surface area contributed by atoms with E-state index in [1.165, 1.54) is 17.9 Å². The van der Waals surface area contributed by atoms with E-state index in [0.29, 0.717) is 12.4 Å². The minimum atomic E-state index is -0.698. The van der Waals surface area contributed by atoms with Crippen LogP contribution in [0.4, 0.5) is 5.95 Å². The highest BCUT2D eigenvalue weighted by Gasteiger charge is 2.34. The van der Waals surface area contributed by atoms with Crippen molar-refractivity contribution in [3.8, 4) is 0 Å². The summed E-state index contributed by atoms with van der Waals surface area (Å²) in [4.78, 5) is 28.2. The van der Waals surface area contributed by atoms with Crippen molar-refractivity contribution in [2.75, 3.05) is 12.4 Å². The first-order valence-electron chi connectivity index (χ1n) is 6.91. The Morgan fingerprint density at radius 1 is 1.45 bits per heavy atom. The fraction of sp³-hybridized carbons (Fsp3) is 0.267. The SMILES string of the molecule is COC(=O)[C@H](Cc1ccccc1)NC1Nc2nccn2C1=O. The van der Waals surface area contributed by atoms with Gasteiger partial charge in [0.1, 0.15) is 6.04 Å². The summed E-state index contributed by atoms with van der Waals surface area (Å²) in [5, 5.41) is 5.94. The van der Waals surface area contributed by atoms with Gasteiger partial charge in [0.05, 0.1) is 7.11 Å². The molecule has 0 fully saturated rings. The number of ether oxygens (including phenoxy) is 1. The van der Waals surface area contributed by atoms with Gasteiger partial charge in [-0.1, -0.05) is 30.3 Å². The lowest BCUT2D eigenvalue weighted by molar-refractivity contribution is -0.143. The third-order valence-corrected chi connectivity index (χ3v) is 3.53. The van der Waals surface area contributed by atoms with Gasteiger partial charge in [0, 0.05) is 12.4 Å². The van der Waals surface area contributed by atoms with Crippen LogP contribution in [0.3, 0.4) is 0 Å². The number of methoxy groups -OCH3 is 1. The zero-order valence-electron chi connectivity index (χ0n) is 12.0. The highest BCUT2D eigenvalue weighted by atomic mass is 16.5. The van der Waals surface area contributed by atoms with E-state index in [0.717, 1.165) is 5.56 Å². The van der Waals surface area contributed by atoms with E-state index in [2.05, 4.69) is 15.6 Å². The lowest BCUT2D eigenvalue weighted by atomic mass is 10.1. The number of hydrogen-bond donors (Lipinski definition) is 2. The first kappa shape index (κ1) is 14.3. The van der Waals surface area contributed by atoms with Gasteiger partial charge in [-0.15, -0.1) is 0 Å². The van der Waals surface area contributed by atoms with Crippen LogP contribution in [0.15, 0.2) is 42.7 Å². The lowest BCUT2D eigenvalue weighted by Crippen LogP contribution is -2.50. The molecule has 0 bridgehead atoms. The van der Waals surface area contributed by atoms with Gasteiger partial charge in [-0.2, -0.15) is 0 Å². The maximum absolute atomic E-state index is 12.2. The number of benzene rings is 1. The van der Waals surface area contributed by atoms with E-state index < -0.39 is 18.2 Å². The molecule has 2 heterocycles. The average molecular weight is 300 g/mol. The van der Waals surface area contributed by atoms with Crippen LogP contribution in [-0.4, -0.2) is 40.7 Å². The van der Waals surface area contributed by atoms with E-state index in [-0.39, 0.29) is 5.91 Å². The molecule has 7 nitrogen and oxygen atoms in total. The fourth-order valence-corrected chi connectivity index (χ4v) is 2.43. The summed E-state index contributed by atoms with van der Waals surface area (Å²) in [5.74, 6) is -0.150. The van der Waals surface area contributed by atoms with Crippen LogP contribution in [0.25, 0.3) is 0 Å². The van der Waals surface area contributed by atoms with Crippen molar-refractivity contribution in [2.45, 2.75) is 18.6 Å². The number of nitrogens with one attached hydrogen (secondary N) is 2. The largest absolute Gasteiger partial charge is 0.468 e. The number of nitrogens with zero attached hydrogens (tertiary/aromatic N) is 2. The Kier molecular flexibility index (Phi) is 3.88. The zero-order valence-corrected chi connectivity index (χ0v) is 12.0. The van der Waals surface area contributed by atoms with Crippen LogP contribution in [0.2, 0.25) is 0 Å². The Balaban J connectivity index is 1.73. The van der Waals surface area contributed by atoms with E-state index >= 15 is 0 Å². The minimum Gasteiger partial charge on any atom is -0.468 e. The highest BCUT2D eigenvalue weighted by molar-refractivity contribution is 5.93. The van der Waals surface area contributed by atoms with E-state index in [4.69, 9.17) is 4.74 Å². The highest BCUT2D eigenvalue weighted by Crippen LogP contribution is 2.15. The minimum absolute atomic E-state index is 0.200. The second kappa shape index (κ2) is 5.98. The molecule has 2 atom stereocenters. The van der Waals surface area contributed by atoms with Gasteiger partial charge in [-0.05, 0) is 12.0 Å². The van der Waals surface area contributed by atoms with E-state index in [9.17, 15) is 9.59 Å². The topological polar surface area (TPSA) is 85.2 Å². The first-order valence-corrected chi connectivity index (χ1v) is 6.91. The molecule has 0 spiro atoms. The van der Waals surface area contributed by atoms with Crippen LogP contribution in [0.1, 0.15) is 10.4 Å². The van der Waals surface area contributed by atoms with E-state index in [1.807, 2.05) is 30.3 Å². The summed E-state index contributed by atoms with van der Waals surface area (Å²) in [7, 11) is 1.33. The molecule has 114 valence electrons. The number of rotatable bonds is 5. The maximum atomic E-state index is 12.2. The molecular formula is C15H16N4O3. The maximum Gasteiger partial charge on any atom is 0.323 e. The van der Waals surface area contributed by atoms with Crippen molar-refractivity contribution in [3.63, 3.8) is 0 Å². The van der Waals surface area contributed by atoms with E-state index in [1.54, 1.807) is 6.20 Å². The number of hydrogen-bond acceptors (Lipinski definition) is 6. The summed E-state index contributed by atoms with van der Waals surface area (Å²) in [5.41, 5.74) is 0.980. The predicted octanol–water partition coefficient (Wildman–Crippen LogP) is 0.649. The Bertz CT molecular complexity index is 683. The van der Waals surface area contributed by atoms with Gasteiger partial charge in [-0.25, -0.2) is 4.98 Å². The second-order valence-electron chi connectivity index (χ2n) is 4.97. The standard InChI is InChI=1S/C15H16N4O3/c1-22-14(21)11(9-10-5-3-2-4-6-10)17-12-13(20)19-8-7-16-15(19)18-12/h2-8,11-12,17H,9H2,1H3,(H,16,18)/t11-,12?/m0/s1. The lowest BCUT2D eigenvalue weighted by Gasteiger charge is -2.20. The van der Waals surface area contributed by atoms with Gasteiger partial charge in [0.2, 0.25) is 5.95 Å². The summed E-state index contributed by atoms with van der Waals surface area (Å²) < 4.78 is 6.24. The van der Waals surface area contributed by atoms with Gasteiger partial charge >= 0.3 is 5.97 Å². The summed E-state index contributed by atoms with van der Waals surface area (Å²) in [6.07, 6.45) is 2.85. The third-order valence-electron chi connectivity index (χ3n) is 3.53. The number of anilines is 1. The third kappa shape index (κ3) is 2.71. The number of esters is 1. The molecule has 1 aromatic heterocycles. The molecule has 2 N–H and O–H groups in total. The molecule has 0 aliphatic carbocycles. The number of aromatic nitrogens is 2. The molecule has 1 aliphatic heterocycles. The van der Waals surface area contributed by atoms with Gasteiger partial charge in [0.15, 0.2) is 6.17 Å². The van der Waals surface area contributed by atoms with Crippen molar-refractivity contribution in [3.05, 3.63) is 48.3 Å². The molecule has 1 aliphatic rings. The molecule has 2 aromatic rings. The average Bonchev–Trinajstić information content (AvgIpc) is 3.11. The Morgan fingerprint density at radius 3 is 2.91 bits per heavy atom. The quantitative estimate of drug-likeness (QED) is 0.789. The molecule has 0 saturated carbocycles. The molecule has 0 saturated heterocycles. The van der Waals surface area contributed by atoms with Crippen molar-refractivity contribution in [2.24, 2.45) is 0 Å². The fourth-order valence-electron chi connectivity index (χ4n) is 2.43. The smallest absolute Gasteiger partial charge is 0.323 e. The van der Waals surface area contributed by atoms with Crippen molar-refractivity contribution in [1.82, 2.24) is 14.9 Å². The molecule has 1 unspecified atom stereocenters. The van der Waals surface area contributed by atoms with Crippen LogP contribution in [-0.2, 0) is 16.0 Å². The van der Waals surface area contributed by atoms with Gasteiger partial charge < -0.3 is 10.1 Å². The Morgan fingerprint density at radius 2 is 2.23 bits per heavy atom. The van der Waals surface area contributed by atoms with Crippen molar-refractivity contribution >= 4 is 17.8 Å². The molecule has 1 aromatic carbocycles. The molecule has 22 heavy (non-hydrogen) atoms.